The first-order valence-corrected chi connectivity index (χ1v) is 2.41. The van der Waals surface area contributed by atoms with Crippen LogP contribution in [0, 0.1) is 20.2 Å². The van der Waals surface area contributed by atoms with E-state index in [2.05, 4.69) is 11.7 Å². The lowest BCUT2D eigenvalue weighted by Crippen LogP contribution is -2.43. The third-order valence-corrected chi connectivity index (χ3v) is 0.262. The van der Waals surface area contributed by atoms with Gasteiger partial charge in [-0.3, -0.25) is 10.9 Å². The molecule has 0 aliphatic heterocycles. The number of rotatable bonds is 0. The summed E-state index contributed by atoms with van der Waals surface area (Å²) in [5.74, 6) is 9.08. The Labute approximate surface area is 75.4 Å². The number of nitrogens with two attached hydrogens (primary N) is 2. The molecule has 0 radical (unpaired) electrons. The van der Waals surface area contributed by atoms with Crippen molar-refractivity contribution in [2.45, 2.75) is 0 Å². The molecule has 13 nitrogen and oxygen atoms in total. The van der Waals surface area contributed by atoms with Crippen molar-refractivity contribution >= 4 is 6.03 Å². The zero-order valence-electron chi connectivity index (χ0n) is 6.48. The van der Waals surface area contributed by atoms with Crippen LogP contribution in [0.5, 0.6) is 0 Å². The summed E-state index contributed by atoms with van der Waals surface area (Å²) >= 11 is 0. The van der Waals surface area contributed by atoms with Gasteiger partial charge < -0.3 is 10.4 Å². The Morgan fingerprint density at radius 2 is 1.21 bits per heavy atom. The van der Waals surface area contributed by atoms with Crippen molar-refractivity contribution in [2.24, 2.45) is 11.7 Å². The highest BCUT2D eigenvalue weighted by Crippen LogP contribution is 1.42. The van der Waals surface area contributed by atoms with Crippen LogP contribution in [-0.4, -0.2) is 26.6 Å². The highest BCUT2D eigenvalue weighted by atomic mass is 16.9. The fraction of sp³-hybridized carbons (Fsp3) is 0. The monoisotopic (exact) mass is 216 g/mol. The second kappa shape index (κ2) is 13.2. The largest absolute Gasteiger partial charge is 0.343 e. The second-order valence-corrected chi connectivity index (χ2v) is 1.09. The number of hydrogen-bond acceptors (Lipinski definition) is 7. The Morgan fingerprint density at radius 3 is 1.21 bits per heavy atom. The number of hydrogen-bond donors (Lipinski definition) is 6. The molecule has 0 aromatic carbocycles. The number of amides is 2. The van der Waals surface area contributed by atoms with E-state index in [0.29, 0.717) is 0 Å². The quantitative estimate of drug-likeness (QED) is 0.107. The average molecular weight is 216 g/mol. The van der Waals surface area contributed by atoms with Crippen molar-refractivity contribution < 1.29 is 25.4 Å². The fourth-order valence-electron chi connectivity index (χ4n) is 0.0417. The predicted molar refractivity (Wildman–Crippen MR) is 37.6 cm³/mol. The van der Waals surface area contributed by atoms with E-state index in [1.165, 1.54) is 0 Å². The molecule has 0 aliphatic rings. The molecule has 2 amide bonds. The Bertz CT molecular complexity index is 153. The molecule has 0 aliphatic carbocycles. The summed E-state index contributed by atoms with van der Waals surface area (Å²) in [6.07, 6.45) is 0. The van der Waals surface area contributed by atoms with Crippen molar-refractivity contribution in [3.63, 3.8) is 0 Å². The summed E-state index contributed by atoms with van der Waals surface area (Å²) < 4.78 is 0. The molecule has 0 aromatic rings. The maximum atomic E-state index is 9.71. The molecule has 0 bridgehead atoms. The maximum Gasteiger partial charge on any atom is 0.343 e. The minimum atomic E-state index is -1.50. The van der Waals surface area contributed by atoms with E-state index in [9.17, 15) is 4.79 Å². The molecule has 0 aromatic heterocycles. The molecule has 84 valence electrons. The van der Waals surface area contributed by atoms with Gasteiger partial charge in [0.25, 0.3) is 10.2 Å². The van der Waals surface area contributed by atoms with Gasteiger partial charge in [0.05, 0.1) is 0 Å². The molecule has 0 saturated carbocycles. The van der Waals surface area contributed by atoms with Gasteiger partial charge in [0.1, 0.15) is 0 Å². The zero-order chi connectivity index (χ0) is 12.1. The Morgan fingerprint density at radius 1 is 1.07 bits per heavy atom. The van der Waals surface area contributed by atoms with E-state index in [4.69, 9.17) is 30.6 Å². The van der Waals surface area contributed by atoms with Crippen LogP contribution in [0.3, 0.4) is 0 Å². The number of hydrazine groups is 2. The van der Waals surface area contributed by atoms with Crippen molar-refractivity contribution in [3.05, 3.63) is 20.2 Å². The van der Waals surface area contributed by atoms with Gasteiger partial charge in [-0.05, 0) is 0 Å². The van der Waals surface area contributed by atoms with Crippen molar-refractivity contribution in [2.75, 3.05) is 0 Å². The van der Waals surface area contributed by atoms with Gasteiger partial charge in [-0.2, -0.15) is 0 Å². The van der Waals surface area contributed by atoms with Gasteiger partial charge in [-0.15, -0.1) is 20.2 Å². The van der Waals surface area contributed by atoms with Crippen LogP contribution in [0.1, 0.15) is 0 Å². The van der Waals surface area contributed by atoms with Gasteiger partial charge in [-0.25, -0.2) is 16.5 Å². The van der Waals surface area contributed by atoms with Crippen LogP contribution in [0.15, 0.2) is 0 Å². The topological polar surface area (TPSA) is 220 Å². The first-order valence-electron chi connectivity index (χ1n) is 2.41. The molecule has 13 heteroatoms. The first-order chi connectivity index (χ1) is 6.27. The minimum absolute atomic E-state index is 0.602. The summed E-state index contributed by atoms with van der Waals surface area (Å²) in [4.78, 5) is 26.4. The number of carbonyl (C=O) groups is 1. The minimum Gasteiger partial charge on any atom is -0.328 e. The Hall–Kier alpha value is -2.41. The Kier molecular flexibility index (Phi) is 16.6. The second-order valence-electron chi connectivity index (χ2n) is 1.09. The van der Waals surface area contributed by atoms with Crippen LogP contribution >= 0.6 is 0 Å². The zero-order valence-corrected chi connectivity index (χ0v) is 6.48. The van der Waals surface area contributed by atoms with Crippen LogP contribution in [0.2, 0.25) is 0 Å². The SMILES string of the molecule is NNC(=O)NN.O=[N+]([O-])O.O=[N+]([O-])O. The average Bonchev–Trinajstić information content (AvgIpc) is 2.01. The highest BCUT2D eigenvalue weighted by Gasteiger charge is 1.83. The summed E-state index contributed by atoms with van der Waals surface area (Å²) in [6, 6.07) is -0.602. The third-order valence-electron chi connectivity index (χ3n) is 0.262. The summed E-state index contributed by atoms with van der Waals surface area (Å²) in [5, 5.41) is 27.3. The van der Waals surface area contributed by atoms with Crippen molar-refractivity contribution in [1.29, 1.82) is 0 Å². The van der Waals surface area contributed by atoms with Gasteiger partial charge in [0, 0.05) is 0 Å². The molecular weight excluding hydrogens is 208 g/mol. The molecule has 0 saturated heterocycles. The van der Waals surface area contributed by atoms with Gasteiger partial charge >= 0.3 is 6.03 Å². The lowest BCUT2D eigenvalue weighted by atomic mass is 11.1. The molecular formula is CH8N6O7. The fourth-order valence-corrected chi connectivity index (χ4v) is 0.0417. The number of nitrogens with zero attached hydrogens (tertiary/aromatic N) is 2. The lowest BCUT2D eigenvalue weighted by molar-refractivity contribution is -0.742. The summed E-state index contributed by atoms with van der Waals surface area (Å²) in [5.41, 5.74) is 3.48. The smallest absolute Gasteiger partial charge is 0.328 e. The maximum absolute atomic E-state index is 9.71. The van der Waals surface area contributed by atoms with E-state index >= 15 is 0 Å². The third kappa shape index (κ3) is 280. The number of nitrogens with one attached hydrogen (secondary N) is 2. The molecule has 0 heterocycles. The van der Waals surface area contributed by atoms with Crippen LogP contribution in [0.25, 0.3) is 0 Å². The predicted octanol–water partition coefficient (Wildman–Crippen LogP) is -2.66. The molecule has 8 N–H and O–H groups in total. The summed E-state index contributed by atoms with van der Waals surface area (Å²) in [7, 11) is 0. The van der Waals surface area contributed by atoms with E-state index < -0.39 is 16.2 Å². The van der Waals surface area contributed by atoms with Crippen LogP contribution in [-0.2, 0) is 0 Å². The van der Waals surface area contributed by atoms with E-state index in [0.717, 1.165) is 0 Å². The Balaban J connectivity index is -0.000000135. The molecule has 0 atom stereocenters. The van der Waals surface area contributed by atoms with E-state index in [-0.39, 0.29) is 0 Å². The van der Waals surface area contributed by atoms with Crippen LogP contribution in [0.4, 0.5) is 4.79 Å². The molecule has 0 unspecified atom stereocenters. The molecule has 0 rings (SSSR count). The first kappa shape index (κ1) is 17.6. The van der Waals surface area contributed by atoms with Crippen molar-refractivity contribution in [3.8, 4) is 0 Å². The number of carbonyl (C=O) groups excluding carboxylic acids is 1. The molecule has 0 fully saturated rings. The standard InChI is InChI=1S/CH6N4O.2HNO3/c2-4-1(6)5-3;2*2-1(3)4/h2-3H2,(H2,4,5,6);2*(H,2,3,4). The van der Waals surface area contributed by atoms with Crippen molar-refractivity contribution in [1.82, 2.24) is 10.9 Å². The van der Waals surface area contributed by atoms with Gasteiger partial charge in [0.15, 0.2) is 0 Å². The van der Waals surface area contributed by atoms with Crippen LogP contribution < -0.4 is 22.5 Å². The van der Waals surface area contributed by atoms with Gasteiger partial charge in [-0.1, -0.05) is 0 Å². The number of urea groups is 1. The lowest BCUT2D eigenvalue weighted by Gasteiger charge is -1.90. The van der Waals surface area contributed by atoms with E-state index in [1.807, 2.05) is 0 Å². The molecule has 0 spiro atoms. The normalized spacial score (nSPS) is 6.43. The van der Waals surface area contributed by atoms with Gasteiger partial charge in [0.2, 0.25) is 0 Å². The summed E-state index contributed by atoms with van der Waals surface area (Å²) in [6.45, 7) is 0. The highest BCUT2D eigenvalue weighted by molar-refractivity contribution is 5.72. The molecule has 14 heavy (non-hydrogen) atoms. The van der Waals surface area contributed by atoms with E-state index in [1.54, 1.807) is 10.9 Å².